The maximum absolute atomic E-state index is 10.8. The topological polar surface area (TPSA) is 76.0 Å². The predicted molar refractivity (Wildman–Crippen MR) is 83.5 cm³/mol. The molecule has 2 N–H and O–H groups in total. The highest BCUT2D eigenvalue weighted by atomic mass is 16.5. The summed E-state index contributed by atoms with van der Waals surface area (Å²) in [6.45, 7) is 0. The van der Waals surface area contributed by atoms with Gasteiger partial charge in [0, 0.05) is 11.6 Å². The fourth-order valence-corrected chi connectivity index (χ4v) is 1.96. The average Bonchev–Trinajstić information content (AvgIpc) is 2.53. The second kappa shape index (κ2) is 6.67. The molecule has 0 aliphatic rings. The number of phenolic OH excluding ortho intramolecular Hbond substituents is 1. The lowest BCUT2D eigenvalue weighted by Crippen LogP contribution is -1.94. The van der Waals surface area contributed by atoms with Crippen molar-refractivity contribution in [3.8, 4) is 17.2 Å². The van der Waals surface area contributed by atoms with Crippen molar-refractivity contribution in [3.05, 3.63) is 53.1 Å². The molecule has 2 rings (SSSR count). The third-order valence-electron chi connectivity index (χ3n) is 3.14. The maximum Gasteiger partial charge on any atom is 0.335 e. The highest BCUT2D eigenvalue weighted by Gasteiger charge is 2.08. The Balaban J connectivity index is 2.30. The zero-order valence-electron chi connectivity index (χ0n) is 12.2. The Morgan fingerprint density at radius 2 is 1.64 bits per heavy atom. The standard InChI is InChI=1S/C17H16O5/c1-21-15-10-14(18)16(22-2)9-13(15)8-5-11-3-6-12(7-4-11)17(19)20/h3-10,18H,1-2H3,(H,19,20). The number of carbonyl (C=O) groups is 1. The molecule has 0 aromatic heterocycles. The van der Waals surface area contributed by atoms with Gasteiger partial charge in [-0.05, 0) is 23.8 Å². The van der Waals surface area contributed by atoms with Crippen LogP contribution in [0.3, 0.4) is 0 Å². The fraction of sp³-hybridized carbons (Fsp3) is 0.118. The van der Waals surface area contributed by atoms with E-state index in [1.165, 1.54) is 32.4 Å². The van der Waals surface area contributed by atoms with E-state index in [1.54, 1.807) is 24.3 Å². The van der Waals surface area contributed by atoms with Gasteiger partial charge in [0.15, 0.2) is 11.5 Å². The van der Waals surface area contributed by atoms with Crippen molar-refractivity contribution in [1.82, 2.24) is 0 Å². The Labute approximate surface area is 128 Å². The van der Waals surface area contributed by atoms with Gasteiger partial charge in [-0.2, -0.15) is 0 Å². The summed E-state index contributed by atoms with van der Waals surface area (Å²) in [5, 5.41) is 18.6. The van der Waals surface area contributed by atoms with Crippen molar-refractivity contribution in [1.29, 1.82) is 0 Å². The molecule has 114 valence electrons. The average molecular weight is 300 g/mol. The number of rotatable bonds is 5. The van der Waals surface area contributed by atoms with Crippen LogP contribution in [-0.2, 0) is 0 Å². The van der Waals surface area contributed by atoms with Gasteiger partial charge in [-0.25, -0.2) is 4.79 Å². The first kappa shape index (κ1) is 15.4. The van der Waals surface area contributed by atoms with Crippen LogP contribution in [0.25, 0.3) is 12.2 Å². The molecule has 0 unspecified atom stereocenters. The molecule has 0 bridgehead atoms. The second-order valence-corrected chi connectivity index (χ2v) is 4.53. The molecular weight excluding hydrogens is 284 g/mol. The summed E-state index contributed by atoms with van der Waals surface area (Å²) in [5.41, 5.74) is 1.82. The van der Waals surface area contributed by atoms with Gasteiger partial charge in [0.05, 0.1) is 19.8 Å². The molecule has 5 nitrogen and oxygen atoms in total. The van der Waals surface area contributed by atoms with Crippen molar-refractivity contribution in [2.45, 2.75) is 0 Å². The van der Waals surface area contributed by atoms with Crippen LogP contribution in [0.4, 0.5) is 0 Å². The van der Waals surface area contributed by atoms with E-state index in [4.69, 9.17) is 14.6 Å². The third kappa shape index (κ3) is 3.38. The van der Waals surface area contributed by atoms with Crippen molar-refractivity contribution in [2.75, 3.05) is 14.2 Å². The van der Waals surface area contributed by atoms with E-state index >= 15 is 0 Å². The van der Waals surface area contributed by atoms with Crippen LogP contribution in [0.15, 0.2) is 36.4 Å². The van der Waals surface area contributed by atoms with Crippen LogP contribution in [0.2, 0.25) is 0 Å². The summed E-state index contributed by atoms with van der Waals surface area (Å²) in [7, 11) is 2.99. The number of benzene rings is 2. The number of phenols is 1. The third-order valence-corrected chi connectivity index (χ3v) is 3.14. The SMILES string of the molecule is COc1cc(C=Cc2ccc(C(=O)O)cc2)c(OC)cc1O. The first-order valence-corrected chi connectivity index (χ1v) is 6.51. The Kier molecular flexibility index (Phi) is 4.68. The molecule has 0 aliphatic heterocycles. The van der Waals surface area contributed by atoms with Gasteiger partial charge in [0.1, 0.15) is 5.75 Å². The molecular formula is C17H16O5. The van der Waals surface area contributed by atoms with Gasteiger partial charge in [0.2, 0.25) is 0 Å². The van der Waals surface area contributed by atoms with Crippen LogP contribution in [0, 0.1) is 0 Å². The number of ether oxygens (including phenoxy) is 2. The van der Waals surface area contributed by atoms with Crippen molar-refractivity contribution in [2.24, 2.45) is 0 Å². The number of aromatic carboxylic acids is 1. The predicted octanol–water partition coefficient (Wildman–Crippen LogP) is 3.28. The second-order valence-electron chi connectivity index (χ2n) is 4.53. The van der Waals surface area contributed by atoms with Crippen LogP contribution in [0.5, 0.6) is 17.2 Å². The first-order chi connectivity index (χ1) is 10.5. The highest BCUT2D eigenvalue weighted by Crippen LogP contribution is 2.34. The maximum atomic E-state index is 10.8. The van der Waals surface area contributed by atoms with Crippen molar-refractivity contribution >= 4 is 18.1 Å². The van der Waals surface area contributed by atoms with E-state index in [2.05, 4.69) is 0 Å². The molecule has 0 amide bonds. The Morgan fingerprint density at radius 3 is 2.18 bits per heavy atom. The largest absolute Gasteiger partial charge is 0.504 e. The first-order valence-electron chi connectivity index (χ1n) is 6.51. The molecule has 2 aromatic carbocycles. The Hall–Kier alpha value is -2.95. The van der Waals surface area contributed by atoms with Gasteiger partial charge < -0.3 is 19.7 Å². The zero-order valence-corrected chi connectivity index (χ0v) is 12.2. The smallest absolute Gasteiger partial charge is 0.335 e. The summed E-state index contributed by atoms with van der Waals surface area (Å²) in [6, 6.07) is 9.64. The van der Waals surface area contributed by atoms with Crippen LogP contribution >= 0.6 is 0 Å². The lowest BCUT2D eigenvalue weighted by atomic mass is 10.1. The minimum absolute atomic E-state index is 0.00214. The van der Waals surface area contributed by atoms with Gasteiger partial charge in [-0.15, -0.1) is 0 Å². The van der Waals surface area contributed by atoms with E-state index in [-0.39, 0.29) is 11.3 Å². The quantitative estimate of drug-likeness (QED) is 0.829. The normalized spacial score (nSPS) is 10.6. The summed E-state index contributed by atoms with van der Waals surface area (Å²) < 4.78 is 10.3. The molecule has 22 heavy (non-hydrogen) atoms. The van der Waals surface area contributed by atoms with E-state index < -0.39 is 5.97 Å². The monoisotopic (exact) mass is 300 g/mol. The van der Waals surface area contributed by atoms with E-state index in [9.17, 15) is 9.90 Å². The molecule has 0 saturated heterocycles. The lowest BCUT2D eigenvalue weighted by Gasteiger charge is -2.09. The number of carboxylic acids is 1. The summed E-state index contributed by atoms with van der Waals surface area (Å²) in [6.07, 6.45) is 3.62. The highest BCUT2D eigenvalue weighted by molar-refractivity contribution is 5.88. The van der Waals surface area contributed by atoms with E-state index in [0.29, 0.717) is 11.5 Å². The number of carboxylic acid groups (broad SMARTS) is 1. The molecule has 0 fully saturated rings. The van der Waals surface area contributed by atoms with E-state index in [0.717, 1.165) is 11.1 Å². The number of hydrogen-bond acceptors (Lipinski definition) is 4. The lowest BCUT2D eigenvalue weighted by molar-refractivity contribution is 0.0697. The molecule has 0 aliphatic carbocycles. The zero-order chi connectivity index (χ0) is 16.1. The van der Waals surface area contributed by atoms with Gasteiger partial charge >= 0.3 is 5.97 Å². The summed E-state index contributed by atoms with van der Waals surface area (Å²) in [5.74, 6) is -0.0961. The molecule has 2 aromatic rings. The molecule has 0 heterocycles. The fourth-order valence-electron chi connectivity index (χ4n) is 1.96. The van der Waals surface area contributed by atoms with Gasteiger partial charge in [-0.1, -0.05) is 24.3 Å². The van der Waals surface area contributed by atoms with Crippen LogP contribution < -0.4 is 9.47 Å². The van der Waals surface area contributed by atoms with Crippen LogP contribution in [0.1, 0.15) is 21.5 Å². The van der Waals surface area contributed by atoms with E-state index in [1.807, 2.05) is 6.08 Å². The van der Waals surface area contributed by atoms with Crippen molar-refractivity contribution in [3.63, 3.8) is 0 Å². The molecule has 0 saturated carbocycles. The van der Waals surface area contributed by atoms with Crippen LogP contribution in [-0.4, -0.2) is 30.4 Å². The summed E-state index contributed by atoms with van der Waals surface area (Å²) >= 11 is 0. The molecule has 0 spiro atoms. The number of methoxy groups -OCH3 is 2. The van der Waals surface area contributed by atoms with Gasteiger partial charge in [-0.3, -0.25) is 0 Å². The molecule has 0 atom stereocenters. The molecule has 0 radical (unpaired) electrons. The Bertz CT molecular complexity index is 702. The number of aromatic hydroxyl groups is 1. The van der Waals surface area contributed by atoms with Crippen molar-refractivity contribution < 1.29 is 24.5 Å². The molecule has 5 heteroatoms. The van der Waals surface area contributed by atoms with Gasteiger partial charge in [0.25, 0.3) is 0 Å². The minimum atomic E-state index is -0.958. The minimum Gasteiger partial charge on any atom is -0.504 e. The Morgan fingerprint density at radius 1 is 1.00 bits per heavy atom. The number of hydrogen-bond donors (Lipinski definition) is 2. The summed E-state index contributed by atoms with van der Waals surface area (Å²) in [4.78, 5) is 10.8.